The highest BCUT2D eigenvalue weighted by Crippen LogP contribution is 2.27. The van der Waals surface area contributed by atoms with Gasteiger partial charge in [0, 0.05) is 11.6 Å². The number of piperidine rings is 1. The van der Waals surface area contributed by atoms with Crippen molar-refractivity contribution in [1.29, 1.82) is 0 Å². The van der Waals surface area contributed by atoms with E-state index in [1.54, 1.807) is 0 Å². The summed E-state index contributed by atoms with van der Waals surface area (Å²) in [5.74, 6) is 0.713. The second-order valence-electron chi connectivity index (χ2n) is 6.61. The van der Waals surface area contributed by atoms with Gasteiger partial charge in [-0.25, -0.2) is 0 Å². The molecule has 22 heavy (non-hydrogen) atoms. The Hall–Kier alpha value is -1.06. The molecule has 4 heteroatoms. The highest BCUT2D eigenvalue weighted by atomic mass is 35.5. The van der Waals surface area contributed by atoms with Crippen LogP contribution < -0.4 is 10.6 Å². The fourth-order valence-electron chi connectivity index (χ4n) is 3.67. The molecule has 0 spiro atoms. The van der Waals surface area contributed by atoms with Crippen molar-refractivity contribution < 1.29 is 4.79 Å². The van der Waals surface area contributed by atoms with Gasteiger partial charge in [0.25, 0.3) is 5.91 Å². The van der Waals surface area contributed by atoms with E-state index in [0.29, 0.717) is 12.0 Å². The Kier molecular flexibility index (Phi) is 6.27. The third kappa shape index (κ3) is 4.23. The number of amides is 1. The SMILES string of the molecule is Cc1cc(C(=O)NC2CCCC2)cc(C2CCNCC2)c1.Cl. The second kappa shape index (κ2) is 7.98. The molecule has 1 aromatic carbocycles. The van der Waals surface area contributed by atoms with E-state index in [1.165, 1.54) is 36.8 Å². The lowest BCUT2D eigenvalue weighted by atomic mass is 9.88. The smallest absolute Gasteiger partial charge is 0.251 e. The van der Waals surface area contributed by atoms with Crippen LogP contribution in [0.1, 0.15) is 65.9 Å². The molecule has 2 fully saturated rings. The molecule has 1 heterocycles. The molecule has 1 aliphatic heterocycles. The monoisotopic (exact) mass is 322 g/mol. The Morgan fingerprint density at radius 2 is 1.77 bits per heavy atom. The van der Waals surface area contributed by atoms with Gasteiger partial charge in [0.05, 0.1) is 0 Å². The zero-order chi connectivity index (χ0) is 14.7. The molecule has 0 bridgehead atoms. The average molecular weight is 323 g/mol. The van der Waals surface area contributed by atoms with Crippen molar-refractivity contribution in [3.05, 3.63) is 34.9 Å². The third-order valence-electron chi connectivity index (χ3n) is 4.86. The first-order chi connectivity index (χ1) is 10.2. The molecule has 1 saturated heterocycles. The first-order valence-corrected chi connectivity index (χ1v) is 8.35. The van der Waals surface area contributed by atoms with Crippen LogP contribution in [0.4, 0.5) is 0 Å². The van der Waals surface area contributed by atoms with Gasteiger partial charge in [-0.2, -0.15) is 0 Å². The van der Waals surface area contributed by atoms with Crippen molar-refractivity contribution in [2.75, 3.05) is 13.1 Å². The van der Waals surface area contributed by atoms with E-state index in [4.69, 9.17) is 0 Å². The summed E-state index contributed by atoms with van der Waals surface area (Å²) in [5.41, 5.74) is 3.38. The molecular formula is C18H27ClN2O. The van der Waals surface area contributed by atoms with E-state index >= 15 is 0 Å². The number of carbonyl (C=O) groups excluding carboxylic acids is 1. The predicted molar refractivity (Wildman–Crippen MR) is 93.0 cm³/mol. The molecule has 0 radical (unpaired) electrons. The van der Waals surface area contributed by atoms with Crippen LogP contribution in [0.5, 0.6) is 0 Å². The topological polar surface area (TPSA) is 41.1 Å². The molecular weight excluding hydrogens is 296 g/mol. The lowest BCUT2D eigenvalue weighted by Crippen LogP contribution is -2.32. The summed E-state index contributed by atoms with van der Waals surface area (Å²) in [7, 11) is 0. The first-order valence-electron chi connectivity index (χ1n) is 8.35. The summed E-state index contributed by atoms with van der Waals surface area (Å²) in [6.07, 6.45) is 7.12. The minimum atomic E-state index is 0. The summed E-state index contributed by atoms with van der Waals surface area (Å²) in [6.45, 7) is 4.27. The van der Waals surface area contributed by atoms with Gasteiger partial charge in [-0.1, -0.05) is 24.5 Å². The minimum Gasteiger partial charge on any atom is -0.349 e. The Morgan fingerprint density at radius 1 is 1.09 bits per heavy atom. The van der Waals surface area contributed by atoms with Gasteiger partial charge < -0.3 is 10.6 Å². The molecule has 1 aliphatic carbocycles. The van der Waals surface area contributed by atoms with Crippen molar-refractivity contribution in [3.8, 4) is 0 Å². The number of rotatable bonds is 3. The van der Waals surface area contributed by atoms with Gasteiger partial charge in [-0.3, -0.25) is 4.79 Å². The molecule has 3 nitrogen and oxygen atoms in total. The number of hydrogen-bond acceptors (Lipinski definition) is 2. The maximum atomic E-state index is 12.5. The molecule has 0 aromatic heterocycles. The molecule has 1 amide bonds. The van der Waals surface area contributed by atoms with Crippen LogP contribution in [-0.4, -0.2) is 25.0 Å². The van der Waals surface area contributed by atoms with Crippen LogP contribution in [0.25, 0.3) is 0 Å². The summed E-state index contributed by atoms with van der Waals surface area (Å²) in [5, 5.41) is 6.61. The molecule has 2 N–H and O–H groups in total. The molecule has 0 atom stereocenters. The zero-order valence-electron chi connectivity index (χ0n) is 13.4. The van der Waals surface area contributed by atoms with Gasteiger partial charge in [0.1, 0.15) is 0 Å². The lowest BCUT2D eigenvalue weighted by Gasteiger charge is -2.24. The van der Waals surface area contributed by atoms with Crippen molar-refractivity contribution >= 4 is 18.3 Å². The quantitative estimate of drug-likeness (QED) is 0.893. The van der Waals surface area contributed by atoms with E-state index in [-0.39, 0.29) is 18.3 Å². The number of nitrogens with one attached hydrogen (secondary N) is 2. The Morgan fingerprint density at radius 3 is 2.45 bits per heavy atom. The molecule has 1 saturated carbocycles. The standard InChI is InChI=1S/C18H26N2O.ClH/c1-13-10-15(14-6-8-19-9-7-14)12-16(11-13)18(21)20-17-4-2-3-5-17;/h10-12,14,17,19H,2-9H2,1H3,(H,20,21);1H. The largest absolute Gasteiger partial charge is 0.349 e. The van der Waals surface area contributed by atoms with Gasteiger partial charge in [0.2, 0.25) is 0 Å². The molecule has 2 aliphatic rings. The number of hydrogen-bond donors (Lipinski definition) is 2. The normalized spacial score (nSPS) is 19.7. The van der Waals surface area contributed by atoms with E-state index in [2.05, 4.69) is 29.7 Å². The zero-order valence-corrected chi connectivity index (χ0v) is 14.2. The van der Waals surface area contributed by atoms with Crippen LogP contribution in [0.2, 0.25) is 0 Å². The Bertz CT molecular complexity index is 506. The van der Waals surface area contributed by atoms with Gasteiger partial charge in [-0.05, 0) is 69.3 Å². The summed E-state index contributed by atoms with van der Waals surface area (Å²) in [6, 6.07) is 6.78. The van der Waals surface area contributed by atoms with Crippen molar-refractivity contribution in [1.82, 2.24) is 10.6 Å². The molecule has 122 valence electrons. The van der Waals surface area contributed by atoms with Crippen molar-refractivity contribution in [2.24, 2.45) is 0 Å². The second-order valence-corrected chi connectivity index (χ2v) is 6.61. The van der Waals surface area contributed by atoms with Gasteiger partial charge >= 0.3 is 0 Å². The Balaban J connectivity index is 0.00000176. The summed E-state index contributed by atoms with van der Waals surface area (Å²) < 4.78 is 0. The van der Waals surface area contributed by atoms with Gasteiger partial charge in [-0.15, -0.1) is 12.4 Å². The van der Waals surface area contributed by atoms with E-state index in [9.17, 15) is 4.79 Å². The highest BCUT2D eigenvalue weighted by molar-refractivity contribution is 5.94. The van der Waals surface area contributed by atoms with Crippen LogP contribution in [0.3, 0.4) is 0 Å². The molecule has 0 unspecified atom stereocenters. The van der Waals surface area contributed by atoms with E-state index < -0.39 is 0 Å². The minimum absolute atomic E-state index is 0. The maximum absolute atomic E-state index is 12.5. The van der Waals surface area contributed by atoms with Crippen molar-refractivity contribution in [3.63, 3.8) is 0 Å². The summed E-state index contributed by atoms with van der Waals surface area (Å²) >= 11 is 0. The van der Waals surface area contributed by atoms with Crippen LogP contribution in [0.15, 0.2) is 18.2 Å². The third-order valence-corrected chi connectivity index (χ3v) is 4.86. The summed E-state index contributed by atoms with van der Waals surface area (Å²) in [4.78, 5) is 12.5. The van der Waals surface area contributed by atoms with Crippen LogP contribution in [-0.2, 0) is 0 Å². The van der Waals surface area contributed by atoms with Gasteiger partial charge in [0.15, 0.2) is 0 Å². The average Bonchev–Trinajstić information content (AvgIpc) is 3.00. The first kappa shape index (κ1) is 17.3. The fraction of sp³-hybridized carbons (Fsp3) is 0.611. The number of aryl methyl sites for hydroxylation is 1. The fourth-order valence-corrected chi connectivity index (χ4v) is 3.67. The van der Waals surface area contributed by atoms with E-state index in [0.717, 1.165) is 31.5 Å². The number of carbonyl (C=O) groups is 1. The van der Waals surface area contributed by atoms with Crippen LogP contribution >= 0.6 is 12.4 Å². The van der Waals surface area contributed by atoms with Crippen LogP contribution in [0, 0.1) is 6.92 Å². The maximum Gasteiger partial charge on any atom is 0.251 e. The lowest BCUT2D eigenvalue weighted by molar-refractivity contribution is 0.0937. The number of halogens is 1. The van der Waals surface area contributed by atoms with Crippen molar-refractivity contribution in [2.45, 2.75) is 57.4 Å². The highest BCUT2D eigenvalue weighted by Gasteiger charge is 2.20. The number of benzene rings is 1. The molecule has 3 rings (SSSR count). The predicted octanol–water partition coefficient (Wildman–Crippen LogP) is 3.56. The Labute approximate surface area is 139 Å². The molecule has 1 aromatic rings. The van der Waals surface area contributed by atoms with E-state index in [1.807, 2.05) is 6.07 Å².